The van der Waals surface area contributed by atoms with Crippen molar-refractivity contribution in [3.63, 3.8) is 0 Å². The first-order chi connectivity index (χ1) is 44.3. The van der Waals surface area contributed by atoms with Crippen molar-refractivity contribution in [2.45, 2.75) is 142 Å². The molecular weight excluding hydrogens is 1250 g/mol. The Morgan fingerprint density at radius 2 is 0.862 bits per heavy atom. The predicted octanol–water partition coefficient (Wildman–Crippen LogP) is 11.9. The summed E-state index contributed by atoms with van der Waals surface area (Å²) in [6.45, 7) is 9.94. The van der Waals surface area contributed by atoms with E-state index in [4.69, 9.17) is 28.4 Å². The number of unbranched alkanes of at least 4 members (excludes halogenated alkanes) is 2. The van der Waals surface area contributed by atoms with Gasteiger partial charge in [0.25, 0.3) is 11.8 Å². The lowest BCUT2D eigenvalue weighted by molar-refractivity contribution is -0.138. The molecule has 2 fully saturated rings. The number of carbonyl (C=O) groups excluding carboxylic acids is 8. The highest BCUT2D eigenvalue weighted by molar-refractivity contribution is 6.09. The summed E-state index contributed by atoms with van der Waals surface area (Å²) in [6, 6.07) is 20.8. The molecule has 24 nitrogen and oxygen atoms in total. The summed E-state index contributed by atoms with van der Waals surface area (Å²) in [5, 5.41) is 14.6. The molecule has 0 radical (unpaired) electrons. The molecule has 0 spiro atoms. The van der Waals surface area contributed by atoms with Gasteiger partial charge in [0.05, 0.1) is 47.0 Å². The summed E-state index contributed by atoms with van der Waals surface area (Å²) < 4.78 is 123. The van der Waals surface area contributed by atoms with Gasteiger partial charge in [0.15, 0.2) is 11.5 Å². The largest absolute Gasteiger partial charge is 0.484 e. The Morgan fingerprint density at radius 3 is 1.21 bits per heavy atom. The number of anilines is 4. The lowest BCUT2D eigenvalue weighted by Crippen LogP contribution is -2.36. The maximum atomic E-state index is 14.8. The molecule has 2 atom stereocenters. The van der Waals surface area contributed by atoms with Gasteiger partial charge in [-0.15, -0.1) is 0 Å². The van der Waals surface area contributed by atoms with Gasteiger partial charge in [-0.2, -0.15) is 26.3 Å². The van der Waals surface area contributed by atoms with Gasteiger partial charge in [-0.25, -0.2) is 29.1 Å². The summed E-state index contributed by atoms with van der Waals surface area (Å²) in [6.07, 6.45) is -13.8. The molecule has 2 aliphatic rings. The molecule has 0 bridgehead atoms. The zero-order chi connectivity index (χ0) is 68.4. The van der Waals surface area contributed by atoms with Gasteiger partial charge in [0.2, 0.25) is 11.8 Å². The van der Waals surface area contributed by atoms with Gasteiger partial charge in [0.1, 0.15) is 54.3 Å². The molecule has 0 saturated carbocycles. The summed E-state index contributed by atoms with van der Waals surface area (Å²) in [5.41, 5.74) is -6.81. The third-order valence-electron chi connectivity index (χ3n) is 13.8. The highest BCUT2D eigenvalue weighted by Gasteiger charge is 2.39. The van der Waals surface area contributed by atoms with E-state index >= 15 is 0 Å². The van der Waals surface area contributed by atoms with Crippen LogP contribution < -0.4 is 41.4 Å². The van der Waals surface area contributed by atoms with Crippen LogP contribution in [0.1, 0.15) is 136 Å². The predicted molar refractivity (Wildman–Crippen MR) is 329 cm³/mol. The minimum atomic E-state index is -5.11. The van der Waals surface area contributed by atoms with Crippen LogP contribution in [0, 0.1) is 0 Å². The van der Waals surface area contributed by atoms with Gasteiger partial charge in [0, 0.05) is 57.9 Å². The third-order valence-corrected chi connectivity index (χ3v) is 13.8. The molecule has 2 aliphatic heterocycles. The number of alkyl carbamates (subject to hydrolysis) is 2. The molecule has 506 valence electrons. The molecule has 0 aliphatic carbocycles. The van der Waals surface area contributed by atoms with Crippen molar-refractivity contribution in [3.8, 4) is 11.5 Å². The van der Waals surface area contributed by atoms with E-state index in [1.807, 2.05) is 0 Å². The van der Waals surface area contributed by atoms with Gasteiger partial charge in [-0.1, -0.05) is 60.7 Å². The van der Waals surface area contributed by atoms with E-state index in [1.54, 1.807) is 102 Å². The Bertz CT molecular complexity index is 3270. The quantitative estimate of drug-likeness (QED) is 0.0190. The van der Waals surface area contributed by atoms with Crippen LogP contribution in [0.5, 0.6) is 11.5 Å². The second kappa shape index (κ2) is 32.1. The molecule has 30 heteroatoms. The van der Waals surface area contributed by atoms with E-state index in [9.17, 15) is 64.7 Å². The molecule has 8 amide bonds. The molecule has 1 aromatic heterocycles. The van der Waals surface area contributed by atoms with Crippen LogP contribution in [0.2, 0.25) is 0 Å². The number of ether oxygens (including phenoxy) is 6. The molecule has 94 heavy (non-hydrogen) atoms. The lowest BCUT2D eigenvalue weighted by atomic mass is 10.1. The molecule has 6 N–H and O–H groups in total. The Labute approximate surface area is 537 Å². The number of aromatic nitrogens is 2. The molecule has 7 rings (SSSR count). The highest BCUT2D eigenvalue weighted by Crippen LogP contribution is 2.44. The zero-order valence-electron chi connectivity index (χ0n) is 52.5. The molecule has 5 aromatic rings. The summed E-state index contributed by atoms with van der Waals surface area (Å²) >= 11 is 0. The van der Waals surface area contributed by atoms with Crippen LogP contribution in [0.4, 0.5) is 68.3 Å². The Hall–Kier alpha value is -9.90. The number of halogens is 6. The van der Waals surface area contributed by atoms with Gasteiger partial charge in [-0.05, 0) is 103 Å². The fourth-order valence-corrected chi connectivity index (χ4v) is 9.33. The Kier molecular flexibility index (Phi) is 24.4. The van der Waals surface area contributed by atoms with Crippen molar-refractivity contribution in [2.75, 3.05) is 60.5 Å². The van der Waals surface area contributed by atoms with Crippen LogP contribution >= 0.6 is 0 Å². The molecule has 3 heterocycles. The second-order valence-corrected chi connectivity index (χ2v) is 23.9. The first kappa shape index (κ1) is 71.5. The van der Waals surface area contributed by atoms with Crippen molar-refractivity contribution in [3.05, 3.63) is 131 Å². The number of amides is 8. The number of nitrogens with one attached hydrogen (secondary N) is 6. The maximum absolute atomic E-state index is 14.8. The fraction of sp³-hybridized carbons (Fsp3) is 0.438. The van der Waals surface area contributed by atoms with Gasteiger partial charge >= 0.3 is 36.7 Å². The van der Waals surface area contributed by atoms with E-state index in [0.717, 1.165) is 17.2 Å². The van der Waals surface area contributed by atoms with Gasteiger partial charge in [-0.3, -0.25) is 19.2 Å². The molecule has 2 saturated heterocycles. The van der Waals surface area contributed by atoms with E-state index < -0.39 is 141 Å². The monoisotopic (exact) mass is 1320 g/mol. The summed E-state index contributed by atoms with van der Waals surface area (Å²) in [7, 11) is 0. The average Bonchev–Trinajstić information content (AvgIpc) is 1.11. The highest BCUT2D eigenvalue weighted by atomic mass is 19.4. The number of likely N-dealkylation sites (tertiary alicyclic amines) is 2. The summed E-state index contributed by atoms with van der Waals surface area (Å²) in [4.78, 5) is 117. The number of nitrogens with zero attached hydrogens (tertiary/aromatic N) is 4. The Balaban J connectivity index is 1.12. The van der Waals surface area contributed by atoms with Crippen LogP contribution in [0.15, 0.2) is 97.3 Å². The SMILES string of the molecule is CC(C)(C)OC(=O)N1CC[C@@H](Oc2c(NC(=O)CCCCNC(=O)OCc3ccccc3)cc(C(F)(F)F)cc2NC(=O)c2cc(C(=O)Nc3cc(C(F)(F)F)cc(NC(=O)CCCCNC(=O)OCc4ccccc4)c3O[C@@H]3CCN(C(=O)OC(C)(C)C)C3)ncn2)C1. The number of hydrogen-bond acceptors (Lipinski definition) is 16. The smallest absolute Gasteiger partial charge is 0.416 e. The van der Waals surface area contributed by atoms with Crippen molar-refractivity contribution in [2.24, 2.45) is 0 Å². The van der Waals surface area contributed by atoms with Crippen LogP contribution in [0.3, 0.4) is 0 Å². The first-order valence-electron chi connectivity index (χ1n) is 30.1. The van der Waals surface area contributed by atoms with Crippen molar-refractivity contribution < 1.29 is 93.1 Å². The molecule has 4 aromatic carbocycles. The zero-order valence-corrected chi connectivity index (χ0v) is 52.5. The van der Waals surface area contributed by atoms with E-state index in [2.05, 4.69) is 41.9 Å². The topological polar surface area (TPSA) is 296 Å². The second-order valence-electron chi connectivity index (χ2n) is 23.9. The molecule has 0 unspecified atom stereocenters. The lowest BCUT2D eigenvalue weighted by Gasteiger charge is -2.25. The number of alkyl halides is 6. The Morgan fingerprint density at radius 1 is 0.500 bits per heavy atom. The van der Waals surface area contributed by atoms with E-state index in [0.29, 0.717) is 30.6 Å². The normalized spacial score (nSPS) is 14.9. The number of hydrogen-bond donors (Lipinski definition) is 6. The van der Waals surface area contributed by atoms with Crippen LogP contribution in [0.25, 0.3) is 0 Å². The number of rotatable bonds is 24. The van der Waals surface area contributed by atoms with E-state index in [1.165, 1.54) is 9.80 Å². The average molecular weight is 1320 g/mol. The minimum Gasteiger partial charge on any atom is -0.484 e. The standard InChI is InChI=1S/C64H74F6N10O14/c1-61(2,3)93-59(87)79-27-23-43(34-79)91-53-45(75-51(81)21-13-15-25-71-57(85)89-36-39-17-9-7-10-18-39)29-41(63(65,66)67)31-47(53)77-55(83)49-33-50(74-38-73-49)56(84)78-48-32-42(64(68,69)70)30-46(54(48)92-44-24-28-80(35-44)60(88)94-62(4,5)6)76-52(82)22-14-16-26-72-58(86)90-37-40-19-11-8-12-20-40/h7-12,17-20,29-33,38,43-44H,13-16,21-28,34-37H2,1-6H3,(H,71,85)(H,72,86)(H,75,81)(H,76,82)(H,77,83)(H,78,84)/t43-,44-/m1/s1. The van der Waals surface area contributed by atoms with Gasteiger partial charge < -0.3 is 70.1 Å². The number of carbonyl (C=O) groups is 8. The van der Waals surface area contributed by atoms with E-state index in [-0.39, 0.29) is 104 Å². The molecular formula is C64H74F6N10O14. The minimum absolute atomic E-state index is 0.00917. The van der Waals surface area contributed by atoms with Crippen molar-refractivity contribution in [1.29, 1.82) is 0 Å². The van der Waals surface area contributed by atoms with Crippen molar-refractivity contribution in [1.82, 2.24) is 30.4 Å². The number of benzene rings is 4. The maximum Gasteiger partial charge on any atom is 0.416 e. The summed E-state index contributed by atoms with van der Waals surface area (Å²) in [5.74, 6) is -5.11. The fourth-order valence-electron chi connectivity index (χ4n) is 9.33. The third kappa shape index (κ3) is 22.7. The van der Waals surface area contributed by atoms with Crippen LogP contribution in [-0.2, 0) is 54.1 Å². The first-order valence-corrected chi connectivity index (χ1v) is 30.1. The van der Waals surface area contributed by atoms with Crippen molar-refractivity contribution >= 4 is 70.8 Å². The van der Waals surface area contributed by atoms with Crippen LogP contribution in [-0.4, -0.2) is 130 Å².